The second-order valence-electron chi connectivity index (χ2n) is 11.2. The van der Waals surface area contributed by atoms with E-state index in [0.29, 0.717) is 12.0 Å². The molecule has 1 aliphatic heterocycles. The number of rotatable bonds is 6. The maximum absolute atomic E-state index is 13.8. The highest BCUT2D eigenvalue weighted by Gasteiger charge is 2.54. The monoisotopic (exact) mass is 666 g/mol. The minimum absolute atomic E-state index is 0.0460. The molecule has 1 N–H and O–H groups in total. The van der Waals surface area contributed by atoms with Crippen molar-refractivity contribution < 1.29 is 50.2 Å². The first-order valence-electron chi connectivity index (χ1n) is 13.4. The van der Waals surface area contributed by atoms with E-state index in [9.17, 15) is 35.9 Å². The van der Waals surface area contributed by atoms with Crippen molar-refractivity contribution in [1.29, 1.82) is 0 Å². The Labute approximate surface area is 247 Å². The summed E-state index contributed by atoms with van der Waals surface area (Å²) in [6.07, 6.45) is -7.84. The van der Waals surface area contributed by atoms with Crippen LogP contribution in [0.5, 0.6) is 0 Å². The lowest BCUT2D eigenvalue weighted by Crippen LogP contribution is -2.64. The zero-order chi connectivity index (χ0) is 30.9. The number of pyridine rings is 1. The molecule has 1 saturated carbocycles. The highest BCUT2D eigenvalue weighted by Crippen LogP contribution is 2.44. The van der Waals surface area contributed by atoms with E-state index in [0.717, 1.165) is 22.3 Å². The number of ether oxygens (including phenoxy) is 1. The van der Waals surface area contributed by atoms with E-state index < -0.39 is 52.1 Å². The summed E-state index contributed by atoms with van der Waals surface area (Å²) in [6, 6.07) is 8.85. The number of hydroxylamine groups is 3. The van der Waals surface area contributed by atoms with Crippen molar-refractivity contribution in [2.45, 2.75) is 63.0 Å². The van der Waals surface area contributed by atoms with E-state index in [2.05, 4.69) is 26.2 Å². The number of morpholine rings is 1. The van der Waals surface area contributed by atoms with E-state index in [1.165, 1.54) is 6.07 Å². The molecule has 2 aliphatic rings. The Bertz CT molecular complexity index is 1260. The van der Waals surface area contributed by atoms with Gasteiger partial charge in [0.05, 0.1) is 18.8 Å². The fraction of sp³-hybridized carbons (Fsp3) is 0.536. The van der Waals surface area contributed by atoms with E-state index in [-0.39, 0.29) is 45.1 Å². The lowest BCUT2D eigenvalue weighted by atomic mass is 9.72. The maximum atomic E-state index is 13.8. The zero-order valence-corrected chi connectivity index (χ0v) is 24.5. The summed E-state index contributed by atoms with van der Waals surface area (Å²) in [5.41, 5.74) is -0.969. The first-order valence-corrected chi connectivity index (χ1v) is 14.2. The Balaban J connectivity index is 1.60. The Kier molecular flexibility index (Phi) is 9.29. The molecule has 2 aromatic rings. The van der Waals surface area contributed by atoms with Gasteiger partial charge in [-0.25, -0.2) is 4.79 Å². The highest BCUT2D eigenvalue weighted by molar-refractivity contribution is 9.10. The minimum atomic E-state index is -5.16. The third-order valence-electron chi connectivity index (χ3n) is 8.06. The first-order chi connectivity index (χ1) is 19.5. The second-order valence-corrected chi connectivity index (χ2v) is 12.1. The van der Waals surface area contributed by atoms with Gasteiger partial charge < -0.3 is 10.1 Å². The lowest BCUT2D eigenvalue weighted by Gasteiger charge is -2.47. The molecule has 1 aromatic heterocycles. The summed E-state index contributed by atoms with van der Waals surface area (Å²) < 4.78 is 84.3. The van der Waals surface area contributed by atoms with Crippen LogP contribution in [0.1, 0.15) is 55.8 Å². The number of hydrogen-bond donors (Lipinski definition) is 1. The van der Waals surface area contributed by atoms with Crippen LogP contribution in [0.3, 0.4) is 0 Å². The van der Waals surface area contributed by atoms with Gasteiger partial charge in [-0.15, -0.1) is 4.65 Å². The van der Waals surface area contributed by atoms with Gasteiger partial charge in [-0.05, 0) is 49.6 Å². The summed E-state index contributed by atoms with van der Waals surface area (Å²) in [7, 11) is 0. The maximum Gasteiger partial charge on any atom is 0.497 e. The van der Waals surface area contributed by atoms with E-state index in [4.69, 9.17) is 9.57 Å². The van der Waals surface area contributed by atoms with Crippen LogP contribution in [-0.4, -0.2) is 60.0 Å². The number of hydrogen-bond acceptors (Lipinski definition) is 5. The first kappa shape index (κ1) is 32.2. The van der Waals surface area contributed by atoms with Crippen LogP contribution in [0.15, 0.2) is 47.1 Å². The van der Waals surface area contributed by atoms with Gasteiger partial charge in [0.2, 0.25) is 5.91 Å². The molecule has 0 bridgehead atoms. The number of alkyl halides is 6. The molecule has 0 spiro atoms. The highest BCUT2D eigenvalue weighted by atomic mass is 79.9. The van der Waals surface area contributed by atoms with Crippen LogP contribution in [0.2, 0.25) is 0 Å². The molecule has 230 valence electrons. The number of carbonyl (C=O) groups is 2. The van der Waals surface area contributed by atoms with Gasteiger partial charge in [-0.2, -0.15) is 26.3 Å². The molecule has 1 saturated heterocycles. The van der Waals surface area contributed by atoms with Gasteiger partial charge in [0.1, 0.15) is 24.8 Å². The Morgan fingerprint density at radius 1 is 1.00 bits per heavy atom. The van der Waals surface area contributed by atoms with Gasteiger partial charge in [-0.1, -0.05) is 34.1 Å². The molecule has 0 unspecified atom stereocenters. The number of aromatic nitrogens is 1. The molecule has 7 nitrogen and oxygen atoms in total. The third kappa shape index (κ3) is 7.25. The summed E-state index contributed by atoms with van der Waals surface area (Å²) in [5, 5.41) is 2.94. The number of halogens is 7. The number of carbonyl (C=O) groups excluding carboxylic acids is 2. The number of nitrogens with zero attached hydrogens (tertiary/aromatic N) is 2. The quantitative estimate of drug-likeness (QED) is 0.301. The Morgan fingerprint density at radius 3 is 2.19 bits per heavy atom. The fourth-order valence-electron chi connectivity index (χ4n) is 5.77. The average molecular weight is 667 g/mol. The molecule has 14 heteroatoms. The van der Waals surface area contributed by atoms with E-state index in [1.807, 2.05) is 12.1 Å². The molecule has 1 aromatic carbocycles. The fourth-order valence-corrected chi connectivity index (χ4v) is 6.04. The molecule has 2 heterocycles. The van der Waals surface area contributed by atoms with Gasteiger partial charge in [0.15, 0.2) is 0 Å². The topological polar surface area (TPSA) is 77.5 Å². The van der Waals surface area contributed by atoms with Crippen molar-refractivity contribution in [1.82, 2.24) is 10.3 Å². The molecule has 3 atom stereocenters. The Morgan fingerprint density at radius 2 is 1.64 bits per heavy atom. The summed E-state index contributed by atoms with van der Waals surface area (Å²) in [6.45, 7) is 3.63. The standard InChI is InChI=1S/C28H30BrF6N3O4/c1-26(2,18-5-10-23(36-16-18)27(30,31)32)37-24(39)21-9-8-20(15-22(21)17-3-6-19(29)7-4-17)38(11-13-41-14-12-38)42-25(40)28(33,34)35/h3-7,10,16,20-22H,8-9,11-15H2,1-2H3/p+1/t20-,21-,22+/m1/s1. The van der Waals surface area contributed by atoms with Crippen LogP contribution in [0.25, 0.3) is 0 Å². The predicted octanol–water partition coefficient (Wildman–Crippen LogP) is 6.03. The molecule has 0 radical (unpaired) electrons. The number of benzene rings is 1. The summed E-state index contributed by atoms with van der Waals surface area (Å²) in [5.74, 6) is -3.67. The van der Waals surface area contributed by atoms with Crippen LogP contribution in [-0.2, 0) is 30.9 Å². The zero-order valence-electron chi connectivity index (χ0n) is 22.9. The van der Waals surface area contributed by atoms with Gasteiger partial charge >= 0.3 is 18.3 Å². The molecule has 2 fully saturated rings. The number of nitrogens with one attached hydrogen (secondary N) is 1. The van der Waals surface area contributed by atoms with Gasteiger partial charge in [-0.3, -0.25) is 14.6 Å². The normalized spacial score (nSPS) is 23.2. The predicted molar refractivity (Wildman–Crippen MR) is 141 cm³/mol. The largest absolute Gasteiger partial charge is 0.497 e. The van der Waals surface area contributed by atoms with Crippen molar-refractivity contribution in [3.8, 4) is 0 Å². The SMILES string of the molecule is CC(C)(NC(=O)[C@@H]1CC[C@@H]([N+]2(OC(=O)C(F)(F)F)CCOCC2)C[C@H]1c1ccc(Br)cc1)c1ccc(C(F)(F)F)nc1. The van der Waals surface area contributed by atoms with Crippen LogP contribution in [0, 0.1) is 5.92 Å². The van der Waals surface area contributed by atoms with Crippen LogP contribution in [0.4, 0.5) is 26.3 Å². The van der Waals surface area contributed by atoms with E-state index in [1.54, 1.807) is 26.0 Å². The third-order valence-corrected chi connectivity index (χ3v) is 8.59. The van der Waals surface area contributed by atoms with Crippen molar-refractivity contribution in [3.05, 3.63) is 63.9 Å². The van der Waals surface area contributed by atoms with Crippen LogP contribution >= 0.6 is 15.9 Å². The van der Waals surface area contributed by atoms with Crippen molar-refractivity contribution in [2.75, 3.05) is 26.3 Å². The van der Waals surface area contributed by atoms with E-state index >= 15 is 0 Å². The Hall–Kier alpha value is -2.71. The molecular weight excluding hydrogens is 636 g/mol. The van der Waals surface area contributed by atoms with Gasteiger partial charge in [0.25, 0.3) is 0 Å². The lowest BCUT2D eigenvalue weighted by molar-refractivity contribution is -1.11. The molecule has 1 amide bonds. The van der Waals surface area contributed by atoms with Gasteiger partial charge in [0, 0.05) is 35.3 Å². The molecular formula is C28H31BrF6N3O4+. The molecule has 4 rings (SSSR count). The van der Waals surface area contributed by atoms with Crippen LogP contribution < -0.4 is 5.32 Å². The van der Waals surface area contributed by atoms with Crippen molar-refractivity contribution in [2.24, 2.45) is 5.92 Å². The minimum Gasteiger partial charge on any atom is -0.369 e. The summed E-state index contributed by atoms with van der Waals surface area (Å²) >= 11 is 3.39. The average Bonchev–Trinajstić information content (AvgIpc) is 2.92. The number of quaternary nitrogens is 1. The molecule has 42 heavy (non-hydrogen) atoms. The van der Waals surface area contributed by atoms with Crippen molar-refractivity contribution in [3.63, 3.8) is 0 Å². The molecule has 1 aliphatic carbocycles. The smallest absolute Gasteiger partial charge is 0.369 e. The van der Waals surface area contributed by atoms with Crippen molar-refractivity contribution >= 4 is 27.8 Å². The second kappa shape index (κ2) is 12.1. The number of amides is 1. The summed E-state index contributed by atoms with van der Waals surface area (Å²) in [4.78, 5) is 34.4.